The summed E-state index contributed by atoms with van der Waals surface area (Å²) in [5.41, 5.74) is 0. The quantitative estimate of drug-likeness (QED) is 0.826. The second-order valence-electron chi connectivity index (χ2n) is 5.99. The zero-order valence-electron chi connectivity index (χ0n) is 13.8. The topological polar surface area (TPSA) is 79.3 Å². The summed E-state index contributed by atoms with van der Waals surface area (Å²) in [7, 11) is -3.38. The maximum atomic E-state index is 12.1. The van der Waals surface area contributed by atoms with Crippen molar-refractivity contribution in [3.8, 4) is 0 Å². The van der Waals surface area contributed by atoms with E-state index in [0.717, 1.165) is 32.0 Å². The minimum Gasteiger partial charge on any atom is -0.353 e. The van der Waals surface area contributed by atoms with Crippen molar-refractivity contribution >= 4 is 21.5 Å². The average Bonchev–Trinajstić information content (AvgIpc) is 2.62. The molecular weight excluding hydrogens is 326 g/mol. The molecule has 8 heteroatoms. The van der Waals surface area contributed by atoms with Gasteiger partial charge in [-0.3, -0.25) is 0 Å². The van der Waals surface area contributed by atoms with Crippen LogP contribution in [0.5, 0.6) is 0 Å². The fourth-order valence-corrected chi connectivity index (χ4v) is 3.48. The van der Waals surface area contributed by atoms with Crippen molar-refractivity contribution in [2.45, 2.75) is 24.1 Å². The van der Waals surface area contributed by atoms with Crippen molar-refractivity contribution in [2.24, 2.45) is 0 Å². The third-order valence-electron chi connectivity index (χ3n) is 4.12. The van der Waals surface area contributed by atoms with Gasteiger partial charge >= 0.3 is 0 Å². The van der Waals surface area contributed by atoms with Crippen LogP contribution in [0.3, 0.4) is 0 Å². The highest BCUT2D eigenvalue weighted by molar-refractivity contribution is 7.91. The van der Waals surface area contributed by atoms with Gasteiger partial charge in [-0.05, 0) is 38.1 Å². The first-order valence-corrected chi connectivity index (χ1v) is 9.51. The van der Waals surface area contributed by atoms with Crippen LogP contribution in [0.2, 0.25) is 0 Å². The molecule has 3 rings (SSSR count). The van der Waals surface area contributed by atoms with Crippen molar-refractivity contribution in [2.75, 3.05) is 36.0 Å². The first-order valence-electron chi connectivity index (χ1n) is 7.97. The molecule has 2 aromatic heterocycles. The fourth-order valence-electron chi connectivity index (χ4n) is 2.58. The zero-order valence-corrected chi connectivity index (χ0v) is 14.6. The van der Waals surface area contributed by atoms with Gasteiger partial charge in [0.1, 0.15) is 5.82 Å². The summed E-state index contributed by atoms with van der Waals surface area (Å²) >= 11 is 0. The molecular formula is C16H21N5O2S. The number of nitrogens with zero attached hydrogens (tertiary/aromatic N) is 5. The Labute approximate surface area is 142 Å². The molecule has 7 nitrogen and oxygen atoms in total. The number of piperazine rings is 1. The van der Waals surface area contributed by atoms with Crippen molar-refractivity contribution in [1.82, 2.24) is 15.2 Å². The summed E-state index contributed by atoms with van der Waals surface area (Å²) in [5, 5.41) is 7.56. The molecule has 2 aromatic rings. The molecule has 0 spiro atoms. The lowest BCUT2D eigenvalue weighted by Crippen LogP contribution is -2.47. The Morgan fingerprint density at radius 2 is 1.58 bits per heavy atom. The molecule has 24 heavy (non-hydrogen) atoms. The summed E-state index contributed by atoms with van der Waals surface area (Å²) in [6.45, 7) is 6.54. The van der Waals surface area contributed by atoms with E-state index in [1.54, 1.807) is 32.2 Å². The van der Waals surface area contributed by atoms with Crippen LogP contribution in [0, 0.1) is 0 Å². The third-order valence-corrected chi connectivity index (χ3v) is 6.16. The van der Waals surface area contributed by atoms with Crippen LogP contribution in [0.1, 0.15) is 13.8 Å². The lowest BCUT2D eigenvalue weighted by atomic mass is 10.3. The molecule has 0 saturated carbocycles. The molecule has 0 atom stereocenters. The fraction of sp³-hybridized carbons (Fsp3) is 0.438. The van der Waals surface area contributed by atoms with Crippen molar-refractivity contribution < 1.29 is 8.42 Å². The Morgan fingerprint density at radius 1 is 0.917 bits per heavy atom. The predicted octanol–water partition coefficient (Wildman–Crippen LogP) is 1.38. The van der Waals surface area contributed by atoms with E-state index in [-0.39, 0.29) is 5.03 Å². The number of rotatable bonds is 4. The smallest absolute Gasteiger partial charge is 0.199 e. The molecule has 0 unspecified atom stereocenters. The molecule has 1 fully saturated rings. The number of aromatic nitrogens is 3. The number of hydrogen-bond acceptors (Lipinski definition) is 7. The Kier molecular flexibility index (Phi) is 4.66. The number of sulfone groups is 1. The van der Waals surface area contributed by atoms with Crippen molar-refractivity contribution in [3.05, 3.63) is 36.5 Å². The normalized spacial score (nSPS) is 15.8. The minimum absolute atomic E-state index is 0.0355. The minimum atomic E-state index is -3.38. The molecule has 0 aliphatic carbocycles. The van der Waals surface area contributed by atoms with Gasteiger partial charge in [-0.2, -0.15) is 0 Å². The van der Waals surface area contributed by atoms with Crippen LogP contribution in [0.4, 0.5) is 11.6 Å². The van der Waals surface area contributed by atoms with E-state index in [1.807, 2.05) is 18.2 Å². The lowest BCUT2D eigenvalue weighted by molar-refractivity contribution is 0.580. The van der Waals surface area contributed by atoms with Crippen molar-refractivity contribution in [3.63, 3.8) is 0 Å². The first-order chi connectivity index (χ1) is 11.5. The van der Waals surface area contributed by atoms with Gasteiger partial charge in [0.15, 0.2) is 20.7 Å². The molecule has 1 aliphatic heterocycles. The van der Waals surface area contributed by atoms with Crippen molar-refractivity contribution in [1.29, 1.82) is 0 Å². The SMILES string of the molecule is CC(C)S(=O)(=O)c1ccc(N2CCN(c3ccccn3)CC2)nn1. The van der Waals surface area contributed by atoms with Crippen LogP contribution in [0.25, 0.3) is 0 Å². The van der Waals surface area contributed by atoms with Crippen LogP contribution >= 0.6 is 0 Å². The summed E-state index contributed by atoms with van der Waals surface area (Å²) in [5.74, 6) is 1.68. The van der Waals surface area contributed by atoms with Gasteiger partial charge in [-0.25, -0.2) is 13.4 Å². The summed E-state index contributed by atoms with van der Waals surface area (Å²) in [4.78, 5) is 8.70. The van der Waals surface area contributed by atoms with Gasteiger partial charge in [0.2, 0.25) is 0 Å². The second kappa shape index (κ2) is 6.72. The highest BCUT2D eigenvalue weighted by atomic mass is 32.2. The number of hydrogen-bond donors (Lipinski definition) is 0. The van der Waals surface area contributed by atoms with Gasteiger partial charge in [-0.1, -0.05) is 6.07 Å². The maximum absolute atomic E-state index is 12.1. The van der Waals surface area contributed by atoms with Gasteiger partial charge in [0.25, 0.3) is 0 Å². The largest absolute Gasteiger partial charge is 0.353 e. The molecule has 3 heterocycles. The predicted molar refractivity (Wildman–Crippen MR) is 93.0 cm³/mol. The Bertz CT molecular complexity index is 770. The van der Waals surface area contributed by atoms with E-state index in [4.69, 9.17) is 0 Å². The molecule has 0 aromatic carbocycles. The Balaban J connectivity index is 1.67. The highest BCUT2D eigenvalue weighted by Gasteiger charge is 2.23. The van der Waals surface area contributed by atoms with E-state index < -0.39 is 15.1 Å². The van der Waals surface area contributed by atoms with E-state index in [1.165, 1.54) is 0 Å². The first kappa shape index (κ1) is 16.6. The second-order valence-corrected chi connectivity index (χ2v) is 8.44. The van der Waals surface area contributed by atoms with Crippen LogP contribution in [0.15, 0.2) is 41.6 Å². The third kappa shape index (κ3) is 3.33. The Morgan fingerprint density at radius 3 is 2.08 bits per heavy atom. The monoisotopic (exact) mass is 347 g/mol. The van der Waals surface area contributed by atoms with E-state index in [9.17, 15) is 8.42 Å². The Hall–Kier alpha value is -2.22. The molecule has 1 aliphatic rings. The van der Waals surface area contributed by atoms with Crippen LogP contribution in [-0.2, 0) is 9.84 Å². The summed E-state index contributed by atoms with van der Waals surface area (Å²) in [6.07, 6.45) is 1.79. The molecule has 0 radical (unpaired) electrons. The van der Waals surface area contributed by atoms with E-state index in [0.29, 0.717) is 5.82 Å². The van der Waals surface area contributed by atoms with Crippen LogP contribution < -0.4 is 9.80 Å². The average molecular weight is 347 g/mol. The van der Waals surface area contributed by atoms with Gasteiger partial charge in [0, 0.05) is 32.4 Å². The highest BCUT2D eigenvalue weighted by Crippen LogP contribution is 2.19. The molecule has 1 saturated heterocycles. The molecule has 0 amide bonds. The van der Waals surface area contributed by atoms with Crippen LogP contribution in [-0.4, -0.2) is 55.0 Å². The summed E-state index contributed by atoms with van der Waals surface area (Å²) in [6, 6.07) is 9.17. The summed E-state index contributed by atoms with van der Waals surface area (Å²) < 4.78 is 24.2. The lowest BCUT2D eigenvalue weighted by Gasteiger charge is -2.35. The molecule has 0 N–H and O–H groups in total. The number of anilines is 2. The van der Waals surface area contributed by atoms with E-state index in [2.05, 4.69) is 25.0 Å². The van der Waals surface area contributed by atoms with Gasteiger partial charge in [0.05, 0.1) is 5.25 Å². The maximum Gasteiger partial charge on any atom is 0.199 e. The standard InChI is InChI=1S/C16H21N5O2S/c1-13(2)24(22,23)16-7-6-15(18-19-16)21-11-9-20(10-12-21)14-5-3-4-8-17-14/h3-8,13H,9-12H2,1-2H3. The molecule has 128 valence electrons. The van der Waals surface area contributed by atoms with Gasteiger partial charge in [-0.15, -0.1) is 10.2 Å². The van der Waals surface area contributed by atoms with Gasteiger partial charge < -0.3 is 9.80 Å². The zero-order chi connectivity index (χ0) is 17.2. The van der Waals surface area contributed by atoms with E-state index >= 15 is 0 Å². The molecule has 0 bridgehead atoms. The number of pyridine rings is 1.